The maximum Gasteiger partial charge on any atom is 0.153 e. The van der Waals surface area contributed by atoms with Crippen molar-refractivity contribution in [1.82, 2.24) is 14.7 Å². The summed E-state index contributed by atoms with van der Waals surface area (Å²) in [5.74, 6) is 0.197. The number of halogens is 1. The lowest BCUT2D eigenvalue weighted by atomic mass is 10.2. The SMILES string of the molecule is CCCN(CC(N)=NO)Cc1c(Cl)c(CC)nn1C. The first-order valence-electron chi connectivity index (χ1n) is 6.42. The maximum atomic E-state index is 8.66. The van der Waals surface area contributed by atoms with Gasteiger partial charge in [-0.1, -0.05) is 30.6 Å². The molecule has 0 unspecified atom stereocenters. The van der Waals surface area contributed by atoms with Crippen molar-refractivity contribution in [2.24, 2.45) is 17.9 Å². The molecule has 1 heterocycles. The molecule has 0 aliphatic carbocycles. The summed E-state index contributed by atoms with van der Waals surface area (Å²) in [6, 6.07) is 0. The third-order valence-electron chi connectivity index (χ3n) is 2.93. The molecular formula is C12H22ClN5O. The number of oxime groups is 1. The normalized spacial score (nSPS) is 12.4. The summed E-state index contributed by atoms with van der Waals surface area (Å²) in [6.45, 7) is 6.00. The molecule has 0 atom stereocenters. The monoisotopic (exact) mass is 287 g/mol. The van der Waals surface area contributed by atoms with Gasteiger partial charge in [-0.3, -0.25) is 9.58 Å². The van der Waals surface area contributed by atoms with Gasteiger partial charge >= 0.3 is 0 Å². The Hall–Kier alpha value is -1.27. The van der Waals surface area contributed by atoms with Gasteiger partial charge in [0.15, 0.2) is 5.84 Å². The molecule has 0 spiro atoms. The van der Waals surface area contributed by atoms with Crippen LogP contribution in [0.25, 0.3) is 0 Å². The van der Waals surface area contributed by atoms with Gasteiger partial charge in [0.05, 0.1) is 23.0 Å². The molecular weight excluding hydrogens is 266 g/mol. The van der Waals surface area contributed by atoms with Crippen LogP contribution in [0.15, 0.2) is 5.16 Å². The summed E-state index contributed by atoms with van der Waals surface area (Å²) in [5, 5.41) is 16.8. The largest absolute Gasteiger partial charge is 0.409 e. The highest BCUT2D eigenvalue weighted by Gasteiger charge is 2.16. The molecule has 3 N–H and O–H groups in total. The average molecular weight is 288 g/mol. The van der Waals surface area contributed by atoms with Crippen LogP contribution in [0, 0.1) is 0 Å². The summed E-state index contributed by atoms with van der Waals surface area (Å²) in [4.78, 5) is 2.08. The summed E-state index contributed by atoms with van der Waals surface area (Å²) in [7, 11) is 1.88. The van der Waals surface area contributed by atoms with Crippen molar-refractivity contribution in [3.63, 3.8) is 0 Å². The smallest absolute Gasteiger partial charge is 0.153 e. The lowest BCUT2D eigenvalue weighted by molar-refractivity contribution is 0.280. The number of aromatic nitrogens is 2. The fourth-order valence-corrected chi connectivity index (χ4v) is 2.35. The summed E-state index contributed by atoms with van der Waals surface area (Å²) >= 11 is 6.32. The Morgan fingerprint density at radius 3 is 2.68 bits per heavy atom. The Labute approximate surface area is 118 Å². The van der Waals surface area contributed by atoms with Gasteiger partial charge in [-0.15, -0.1) is 0 Å². The predicted octanol–water partition coefficient (Wildman–Crippen LogP) is 1.59. The van der Waals surface area contributed by atoms with E-state index in [4.69, 9.17) is 22.5 Å². The quantitative estimate of drug-likeness (QED) is 0.345. The highest BCUT2D eigenvalue weighted by molar-refractivity contribution is 6.31. The number of amidine groups is 1. The molecule has 0 saturated heterocycles. The first kappa shape index (κ1) is 15.8. The Morgan fingerprint density at radius 2 is 2.21 bits per heavy atom. The average Bonchev–Trinajstić information content (AvgIpc) is 2.66. The molecule has 0 aliphatic rings. The molecule has 19 heavy (non-hydrogen) atoms. The van der Waals surface area contributed by atoms with Crippen LogP contribution >= 0.6 is 11.6 Å². The second-order valence-electron chi connectivity index (χ2n) is 4.49. The zero-order valence-electron chi connectivity index (χ0n) is 11.7. The van der Waals surface area contributed by atoms with Crippen LogP contribution in [0.3, 0.4) is 0 Å². The van der Waals surface area contributed by atoms with Crippen molar-refractivity contribution < 1.29 is 5.21 Å². The topological polar surface area (TPSA) is 79.7 Å². The molecule has 0 aliphatic heterocycles. The Kier molecular flexibility index (Phi) is 6.11. The van der Waals surface area contributed by atoms with Crippen LogP contribution in [-0.2, 0) is 20.0 Å². The van der Waals surface area contributed by atoms with E-state index >= 15 is 0 Å². The minimum Gasteiger partial charge on any atom is -0.409 e. The molecule has 6 nitrogen and oxygen atoms in total. The molecule has 108 valence electrons. The minimum absolute atomic E-state index is 0.197. The van der Waals surface area contributed by atoms with E-state index in [0.29, 0.717) is 18.1 Å². The van der Waals surface area contributed by atoms with Crippen molar-refractivity contribution in [1.29, 1.82) is 0 Å². The summed E-state index contributed by atoms with van der Waals surface area (Å²) in [6.07, 6.45) is 1.79. The van der Waals surface area contributed by atoms with E-state index in [1.807, 2.05) is 14.0 Å². The molecule has 1 aromatic heterocycles. The van der Waals surface area contributed by atoms with E-state index < -0.39 is 0 Å². The predicted molar refractivity (Wildman–Crippen MR) is 76.6 cm³/mol. The van der Waals surface area contributed by atoms with Crippen LogP contribution in [0.2, 0.25) is 5.02 Å². The van der Waals surface area contributed by atoms with E-state index in [0.717, 1.165) is 30.8 Å². The molecule has 0 amide bonds. The maximum absolute atomic E-state index is 8.66. The van der Waals surface area contributed by atoms with E-state index in [1.54, 1.807) is 4.68 Å². The molecule has 0 bridgehead atoms. The number of nitrogens with two attached hydrogens (primary N) is 1. The second kappa shape index (κ2) is 7.35. The van der Waals surface area contributed by atoms with Crippen LogP contribution in [0.4, 0.5) is 0 Å². The Balaban J connectivity index is 2.87. The van der Waals surface area contributed by atoms with E-state index in [9.17, 15) is 0 Å². The number of nitrogens with zero attached hydrogens (tertiary/aromatic N) is 4. The third-order valence-corrected chi connectivity index (χ3v) is 3.37. The van der Waals surface area contributed by atoms with Crippen LogP contribution in [0.1, 0.15) is 31.7 Å². The molecule has 1 aromatic rings. The van der Waals surface area contributed by atoms with Gasteiger partial charge in [-0.2, -0.15) is 5.10 Å². The van der Waals surface area contributed by atoms with Crippen LogP contribution in [0.5, 0.6) is 0 Å². The van der Waals surface area contributed by atoms with Gasteiger partial charge in [-0.05, 0) is 19.4 Å². The van der Waals surface area contributed by atoms with E-state index in [-0.39, 0.29) is 5.84 Å². The Bertz CT molecular complexity index is 444. The molecule has 0 radical (unpaired) electrons. The van der Waals surface area contributed by atoms with Gasteiger partial charge < -0.3 is 10.9 Å². The second-order valence-corrected chi connectivity index (χ2v) is 4.86. The zero-order chi connectivity index (χ0) is 14.4. The Morgan fingerprint density at radius 1 is 1.53 bits per heavy atom. The van der Waals surface area contributed by atoms with Crippen molar-refractivity contribution in [2.75, 3.05) is 13.1 Å². The first-order chi connectivity index (χ1) is 9.03. The fourth-order valence-electron chi connectivity index (χ4n) is 1.99. The molecule has 0 fully saturated rings. The first-order valence-corrected chi connectivity index (χ1v) is 6.80. The van der Waals surface area contributed by atoms with Crippen molar-refractivity contribution in [3.05, 3.63) is 16.4 Å². The van der Waals surface area contributed by atoms with E-state index in [2.05, 4.69) is 22.1 Å². The van der Waals surface area contributed by atoms with Crippen molar-refractivity contribution in [2.45, 2.75) is 33.2 Å². The molecule has 7 heteroatoms. The molecule has 0 saturated carbocycles. The third kappa shape index (κ3) is 4.11. The van der Waals surface area contributed by atoms with Gasteiger partial charge in [-0.25, -0.2) is 0 Å². The number of hydrogen-bond donors (Lipinski definition) is 2. The van der Waals surface area contributed by atoms with Crippen LogP contribution in [-0.4, -0.2) is 38.8 Å². The lowest BCUT2D eigenvalue weighted by Crippen LogP contribution is -2.34. The number of aryl methyl sites for hydroxylation is 2. The zero-order valence-corrected chi connectivity index (χ0v) is 12.5. The minimum atomic E-state index is 0.197. The highest BCUT2D eigenvalue weighted by atomic mass is 35.5. The fraction of sp³-hybridized carbons (Fsp3) is 0.667. The standard InChI is InChI=1S/C12H22ClN5O/c1-4-6-18(8-11(14)16-19)7-10-12(13)9(5-2)15-17(10)3/h19H,4-8H2,1-3H3,(H2,14,16). The van der Waals surface area contributed by atoms with E-state index in [1.165, 1.54) is 0 Å². The summed E-state index contributed by atoms with van der Waals surface area (Å²) in [5.41, 5.74) is 7.43. The van der Waals surface area contributed by atoms with Gasteiger partial charge in [0.1, 0.15) is 0 Å². The number of rotatable bonds is 7. The molecule has 0 aromatic carbocycles. The number of hydrogen-bond acceptors (Lipinski definition) is 4. The van der Waals surface area contributed by atoms with Crippen LogP contribution < -0.4 is 5.73 Å². The lowest BCUT2D eigenvalue weighted by Gasteiger charge is -2.21. The van der Waals surface area contributed by atoms with Gasteiger partial charge in [0.2, 0.25) is 0 Å². The van der Waals surface area contributed by atoms with Crippen molar-refractivity contribution >= 4 is 17.4 Å². The highest BCUT2D eigenvalue weighted by Crippen LogP contribution is 2.22. The summed E-state index contributed by atoms with van der Waals surface area (Å²) < 4.78 is 1.80. The van der Waals surface area contributed by atoms with Gasteiger partial charge in [0.25, 0.3) is 0 Å². The molecule has 1 rings (SSSR count). The van der Waals surface area contributed by atoms with Gasteiger partial charge in [0, 0.05) is 13.6 Å². The van der Waals surface area contributed by atoms with Crippen molar-refractivity contribution in [3.8, 4) is 0 Å².